The van der Waals surface area contributed by atoms with E-state index in [0.717, 1.165) is 22.3 Å². The van der Waals surface area contributed by atoms with Crippen LogP contribution in [0.25, 0.3) is 11.1 Å². The van der Waals surface area contributed by atoms with Gasteiger partial charge in [-0.3, -0.25) is 9.48 Å². The molecule has 1 amide bonds. The minimum atomic E-state index is -0.355. The second kappa shape index (κ2) is 10.3. The van der Waals surface area contributed by atoms with Crippen molar-refractivity contribution in [2.45, 2.75) is 19.9 Å². The van der Waals surface area contributed by atoms with Gasteiger partial charge in [0.15, 0.2) is 11.5 Å². The first-order chi connectivity index (χ1) is 16.5. The van der Waals surface area contributed by atoms with Gasteiger partial charge in [0.1, 0.15) is 12.4 Å². The number of carbonyl (C=O) groups is 2. The molecule has 4 rings (SSSR count). The van der Waals surface area contributed by atoms with Crippen LogP contribution in [0.5, 0.6) is 17.2 Å². The van der Waals surface area contributed by atoms with Gasteiger partial charge in [0, 0.05) is 24.4 Å². The molecule has 1 aromatic heterocycles. The number of rotatable bonds is 9. The van der Waals surface area contributed by atoms with E-state index in [1.54, 1.807) is 48.0 Å². The van der Waals surface area contributed by atoms with Crippen LogP contribution in [0.2, 0.25) is 0 Å². The summed E-state index contributed by atoms with van der Waals surface area (Å²) in [5.74, 6) is 1.24. The lowest BCUT2D eigenvalue weighted by molar-refractivity contribution is -0.142. The van der Waals surface area contributed by atoms with E-state index >= 15 is 0 Å². The number of aryl methyl sites for hydroxylation is 1. The standard InChI is InChI=1S/C25H27N3O6/c1-4-32-24(29)12-17-5-7-22(31-3)23(11-17)34-21-8-6-18(20-14-26-27(2)15-20)13-19(21)16-28-9-10-33-25(28)30/h5-8,11,13-15H,4,9-10,12,16H2,1-3H3. The molecule has 178 valence electrons. The van der Waals surface area contributed by atoms with Crippen molar-refractivity contribution in [3.05, 3.63) is 59.9 Å². The van der Waals surface area contributed by atoms with Crippen molar-refractivity contribution in [3.8, 4) is 28.4 Å². The highest BCUT2D eigenvalue weighted by Gasteiger charge is 2.24. The van der Waals surface area contributed by atoms with Crippen molar-refractivity contribution in [2.75, 3.05) is 26.9 Å². The van der Waals surface area contributed by atoms with Gasteiger partial charge >= 0.3 is 12.1 Å². The number of hydrogen-bond donors (Lipinski definition) is 0. The largest absolute Gasteiger partial charge is 0.493 e. The lowest BCUT2D eigenvalue weighted by atomic mass is 10.0. The van der Waals surface area contributed by atoms with Crippen molar-refractivity contribution in [2.24, 2.45) is 7.05 Å². The summed E-state index contributed by atoms with van der Waals surface area (Å²) in [6.07, 6.45) is 3.48. The molecule has 2 aromatic carbocycles. The molecule has 1 fully saturated rings. The van der Waals surface area contributed by atoms with E-state index in [9.17, 15) is 9.59 Å². The first-order valence-electron chi connectivity index (χ1n) is 11.0. The predicted octanol–water partition coefficient (Wildman–Crippen LogP) is 3.95. The van der Waals surface area contributed by atoms with Crippen LogP contribution in [-0.4, -0.2) is 53.6 Å². The molecule has 34 heavy (non-hydrogen) atoms. The first kappa shape index (κ1) is 23.2. The third-order valence-electron chi connectivity index (χ3n) is 5.41. The molecule has 9 heteroatoms. The Morgan fingerprint density at radius 2 is 1.94 bits per heavy atom. The van der Waals surface area contributed by atoms with Crippen LogP contribution in [0.4, 0.5) is 4.79 Å². The predicted molar refractivity (Wildman–Crippen MR) is 124 cm³/mol. The molecule has 0 spiro atoms. The third kappa shape index (κ3) is 5.31. The zero-order valence-corrected chi connectivity index (χ0v) is 19.4. The molecule has 0 radical (unpaired) electrons. The van der Waals surface area contributed by atoms with E-state index in [1.807, 2.05) is 31.4 Å². The van der Waals surface area contributed by atoms with Crippen molar-refractivity contribution in [1.82, 2.24) is 14.7 Å². The summed E-state index contributed by atoms with van der Waals surface area (Å²) in [5, 5.41) is 4.24. The summed E-state index contributed by atoms with van der Waals surface area (Å²) in [5.41, 5.74) is 3.45. The van der Waals surface area contributed by atoms with Gasteiger partial charge < -0.3 is 23.8 Å². The summed E-state index contributed by atoms with van der Waals surface area (Å²) in [4.78, 5) is 25.7. The van der Waals surface area contributed by atoms with Gasteiger partial charge in [-0.1, -0.05) is 12.1 Å². The highest BCUT2D eigenvalue weighted by molar-refractivity contribution is 5.73. The molecule has 1 aliphatic rings. The maximum absolute atomic E-state index is 12.1. The highest BCUT2D eigenvalue weighted by Crippen LogP contribution is 2.36. The maximum Gasteiger partial charge on any atom is 0.410 e. The van der Waals surface area contributed by atoms with Gasteiger partial charge in [-0.2, -0.15) is 5.10 Å². The lowest BCUT2D eigenvalue weighted by Gasteiger charge is -2.18. The van der Waals surface area contributed by atoms with E-state index in [1.165, 1.54) is 0 Å². The van der Waals surface area contributed by atoms with Gasteiger partial charge in [-0.15, -0.1) is 0 Å². The number of nitrogens with zero attached hydrogens (tertiary/aromatic N) is 3. The molecule has 0 unspecified atom stereocenters. The minimum Gasteiger partial charge on any atom is -0.493 e. The first-order valence-corrected chi connectivity index (χ1v) is 11.0. The van der Waals surface area contributed by atoms with E-state index < -0.39 is 0 Å². The van der Waals surface area contributed by atoms with Crippen molar-refractivity contribution in [3.63, 3.8) is 0 Å². The summed E-state index contributed by atoms with van der Waals surface area (Å²) in [6, 6.07) is 11.1. The molecular weight excluding hydrogens is 438 g/mol. The number of benzene rings is 2. The average Bonchev–Trinajstić information content (AvgIpc) is 3.43. The minimum absolute atomic E-state index is 0.126. The Morgan fingerprint density at radius 3 is 2.62 bits per heavy atom. The van der Waals surface area contributed by atoms with Crippen molar-refractivity contribution in [1.29, 1.82) is 0 Å². The van der Waals surface area contributed by atoms with E-state index in [0.29, 0.717) is 43.6 Å². The Balaban J connectivity index is 1.67. The normalized spacial score (nSPS) is 13.0. The lowest BCUT2D eigenvalue weighted by Crippen LogP contribution is -2.23. The quantitative estimate of drug-likeness (QED) is 0.442. The smallest absolute Gasteiger partial charge is 0.410 e. The number of carbonyl (C=O) groups excluding carboxylic acids is 2. The SMILES string of the molecule is CCOC(=O)Cc1ccc(OC)c(Oc2ccc(-c3cnn(C)c3)cc2CN2CCOC2=O)c1. The number of esters is 1. The molecule has 0 N–H and O–H groups in total. The average molecular weight is 466 g/mol. The van der Waals surface area contributed by atoms with Gasteiger partial charge in [-0.25, -0.2) is 4.79 Å². The molecule has 0 bridgehead atoms. The summed E-state index contributed by atoms with van der Waals surface area (Å²) >= 11 is 0. The van der Waals surface area contributed by atoms with Crippen LogP contribution in [-0.2, 0) is 34.3 Å². The number of hydrogen-bond acceptors (Lipinski definition) is 7. The van der Waals surface area contributed by atoms with Crippen LogP contribution in [0.15, 0.2) is 48.8 Å². The fourth-order valence-electron chi connectivity index (χ4n) is 3.74. The van der Waals surface area contributed by atoms with Crippen molar-refractivity contribution < 1.29 is 28.5 Å². The molecule has 9 nitrogen and oxygen atoms in total. The maximum atomic E-state index is 12.1. The molecule has 2 heterocycles. The second-order valence-corrected chi connectivity index (χ2v) is 7.83. The third-order valence-corrected chi connectivity index (χ3v) is 5.41. The fraction of sp³-hybridized carbons (Fsp3) is 0.320. The molecule has 1 aliphatic heterocycles. The van der Waals surface area contributed by atoms with Gasteiger partial charge in [0.2, 0.25) is 0 Å². The number of aromatic nitrogens is 2. The van der Waals surface area contributed by atoms with Gasteiger partial charge in [0.25, 0.3) is 0 Å². The van der Waals surface area contributed by atoms with Crippen LogP contribution in [0.3, 0.4) is 0 Å². The molecule has 0 saturated carbocycles. The van der Waals surface area contributed by atoms with Crippen LogP contribution >= 0.6 is 0 Å². The van der Waals surface area contributed by atoms with Crippen LogP contribution in [0, 0.1) is 0 Å². The van der Waals surface area contributed by atoms with Crippen molar-refractivity contribution >= 4 is 12.1 Å². The Labute approximate surface area is 197 Å². The van der Waals surface area contributed by atoms with E-state index in [4.69, 9.17) is 18.9 Å². The topological polar surface area (TPSA) is 92.1 Å². The fourth-order valence-corrected chi connectivity index (χ4v) is 3.74. The number of ether oxygens (including phenoxy) is 4. The van der Waals surface area contributed by atoms with Gasteiger partial charge in [-0.05, 0) is 42.3 Å². The summed E-state index contributed by atoms with van der Waals surface area (Å²) in [7, 11) is 3.41. The monoisotopic (exact) mass is 465 g/mol. The second-order valence-electron chi connectivity index (χ2n) is 7.83. The molecule has 1 saturated heterocycles. The van der Waals surface area contributed by atoms with Crippen LogP contribution < -0.4 is 9.47 Å². The zero-order valence-electron chi connectivity index (χ0n) is 19.4. The number of cyclic esters (lactones) is 1. The van der Waals surface area contributed by atoms with E-state index in [2.05, 4.69) is 5.10 Å². The number of amides is 1. The van der Waals surface area contributed by atoms with Gasteiger partial charge in [0.05, 0.1) is 39.4 Å². The summed E-state index contributed by atoms with van der Waals surface area (Å²) in [6.45, 7) is 3.29. The molecule has 0 atom stereocenters. The Kier molecular flexibility index (Phi) is 7.01. The van der Waals surface area contributed by atoms with E-state index in [-0.39, 0.29) is 18.5 Å². The summed E-state index contributed by atoms with van der Waals surface area (Å²) < 4.78 is 23.6. The Hall–Kier alpha value is -4.01. The number of methoxy groups -OCH3 is 1. The zero-order chi connectivity index (χ0) is 24.1. The Bertz CT molecular complexity index is 1190. The molecule has 0 aliphatic carbocycles. The molecular formula is C25H27N3O6. The Morgan fingerprint density at radius 1 is 1.12 bits per heavy atom. The molecule has 3 aromatic rings. The highest BCUT2D eigenvalue weighted by atomic mass is 16.6. The van der Waals surface area contributed by atoms with Crippen LogP contribution in [0.1, 0.15) is 18.1 Å².